The number of carbonyl (C=O) groups is 1. The standard InChI is InChI=1S/C24H27N3O2/c1-16-15-27(20-11-9-18(10-12-20)23(25)28)24(26-16)22-8-4-6-19(22)13-17-5-3-7-21(14-17)29-2/h3,5,7,9-12,14-15,19,22H,4,6,8,13H2,1-2H3,(H2,25,28)/t19-,22-/m0/s1. The SMILES string of the molecule is COc1cccc(C[C@@H]2CCC[C@@H]2c2nc(C)cn2-c2ccc(C(N)=O)cc2)c1. The Morgan fingerprint density at radius 2 is 2.00 bits per heavy atom. The van der Waals surface area contributed by atoms with Gasteiger partial charge in [0.25, 0.3) is 0 Å². The summed E-state index contributed by atoms with van der Waals surface area (Å²) in [5.74, 6) is 2.56. The van der Waals surface area contributed by atoms with Crippen LogP contribution in [-0.4, -0.2) is 22.6 Å². The molecule has 0 spiro atoms. The zero-order chi connectivity index (χ0) is 20.4. The van der Waals surface area contributed by atoms with Gasteiger partial charge in [-0.25, -0.2) is 4.98 Å². The lowest BCUT2D eigenvalue weighted by Gasteiger charge is -2.21. The van der Waals surface area contributed by atoms with Crippen LogP contribution in [0.2, 0.25) is 0 Å². The summed E-state index contributed by atoms with van der Waals surface area (Å²) in [6.45, 7) is 2.03. The molecule has 1 amide bonds. The Kier molecular flexibility index (Phi) is 5.38. The second kappa shape index (κ2) is 8.11. The van der Waals surface area contributed by atoms with E-state index in [0.29, 0.717) is 17.4 Å². The van der Waals surface area contributed by atoms with Crippen molar-refractivity contribution in [3.05, 3.63) is 77.4 Å². The van der Waals surface area contributed by atoms with Gasteiger partial charge in [0.05, 0.1) is 12.8 Å². The van der Waals surface area contributed by atoms with Gasteiger partial charge in [-0.05, 0) is 74.1 Å². The maximum atomic E-state index is 11.4. The molecule has 1 saturated carbocycles. The van der Waals surface area contributed by atoms with E-state index in [4.69, 9.17) is 15.5 Å². The molecule has 5 nitrogen and oxygen atoms in total. The third-order valence-corrected chi connectivity index (χ3v) is 5.91. The van der Waals surface area contributed by atoms with E-state index in [0.717, 1.165) is 35.8 Å². The van der Waals surface area contributed by atoms with Crippen LogP contribution >= 0.6 is 0 Å². The van der Waals surface area contributed by atoms with Crippen molar-refractivity contribution in [3.63, 3.8) is 0 Å². The molecule has 29 heavy (non-hydrogen) atoms. The van der Waals surface area contributed by atoms with Crippen LogP contribution in [0.25, 0.3) is 5.69 Å². The molecule has 1 aromatic heterocycles. The first kappa shape index (κ1) is 19.2. The third kappa shape index (κ3) is 4.04. The van der Waals surface area contributed by atoms with Gasteiger partial charge < -0.3 is 15.0 Å². The molecule has 4 rings (SSSR count). The maximum Gasteiger partial charge on any atom is 0.248 e. The number of aryl methyl sites for hydroxylation is 1. The average molecular weight is 389 g/mol. The van der Waals surface area contributed by atoms with Gasteiger partial charge in [0.1, 0.15) is 11.6 Å². The van der Waals surface area contributed by atoms with E-state index in [1.54, 1.807) is 19.2 Å². The van der Waals surface area contributed by atoms with Gasteiger partial charge >= 0.3 is 0 Å². The van der Waals surface area contributed by atoms with E-state index in [2.05, 4.69) is 29.0 Å². The van der Waals surface area contributed by atoms with Gasteiger partial charge in [0, 0.05) is 23.4 Å². The van der Waals surface area contributed by atoms with Gasteiger partial charge in [-0.2, -0.15) is 0 Å². The molecule has 0 aliphatic heterocycles. The lowest BCUT2D eigenvalue weighted by Crippen LogP contribution is -2.15. The first-order chi connectivity index (χ1) is 14.0. The van der Waals surface area contributed by atoms with Crippen LogP contribution in [0.1, 0.15) is 52.6 Å². The van der Waals surface area contributed by atoms with Crippen LogP contribution < -0.4 is 10.5 Å². The Morgan fingerprint density at radius 3 is 2.72 bits per heavy atom. The van der Waals surface area contributed by atoms with Gasteiger partial charge in [-0.1, -0.05) is 18.6 Å². The molecule has 0 unspecified atom stereocenters. The third-order valence-electron chi connectivity index (χ3n) is 5.91. The number of aromatic nitrogens is 2. The Bertz CT molecular complexity index is 1010. The van der Waals surface area contributed by atoms with Gasteiger partial charge in [-0.3, -0.25) is 4.79 Å². The molecule has 0 radical (unpaired) electrons. The van der Waals surface area contributed by atoms with Crippen LogP contribution in [0, 0.1) is 12.8 Å². The molecule has 2 atom stereocenters. The highest BCUT2D eigenvalue weighted by atomic mass is 16.5. The summed E-state index contributed by atoms with van der Waals surface area (Å²) in [5.41, 5.74) is 9.22. The van der Waals surface area contributed by atoms with Crippen molar-refractivity contribution in [2.45, 2.75) is 38.5 Å². The van der Waals surface area contributed by atoms with Crippen molar-refractivity contribution in [3.8, 4) is 11.4 Å². The fourth-order valence-electron chi connectivity index (χ4n) is 4.49. The molecule has 1 aliphatic carbocycles. The Hall–Kier alpha value is -3.08. The van der Waals surface area contributed by atoms with Gasteiger partial charge in [0.15, 0.2) is 0 Å². The fraction of sp³-hybridized carbons (Fsp3) is 0.333. The number of primary amides is 1. The number of nitrogens with zero attached hydrogens (tertiary/aromatic N) is 2. The molecule has 1 fully saturated rings. The van der Waals surface area contributed by atoms with Crippen molar-refractivity contribution in [1.29, 1.82) is 0 Å². The van der Waals surface area contributed by atoms with Crippen molar-refractivity contribution >= 4 is 5.91 Å². The normalized spacial score (nSPS) is 18.7. The van der Waals surface area contributed by atoms with E-state index in [1.165, 1.54) is 18.4 Å². The summed E-state index contributed by atoms with van der Waals surface area (Å²) in [4.78, 5) is 16.3. The number of imidazole rings is 1. The lowest BCUT2D eigenvalue weighted by atomic mass is 9.89. The largest absolute Gasteiger partial charge is 0.497 e. The zero-order valence-electron chi connectivity index (χ0n) is 17.0. The number of ether oxygens (including phenoxy) is 1. The minimum atomic E-state index is -0.410. The van der Waals surface area contributed by atoms with Gasteiger partial charge in [0.2, 0.25) is 5.91 Å². The summed E-state index contributed by atoms with van der Waals surface area (Å²) in [6.07, 6.45) is 6.66. The number of benzene rings is 2. The Morgan fingerprint density at radius 1 is 1.21 bits per heavy atom. The lowest BCUT2D eigenvalue weighted by molar-refractivity contribution is 0.100. The minimum Gasteiger partial charge on any atom is -0.497 e. The fourth-order valence-corrected chi connectivity index (χ4v) is 4.49. The van der Waals surface area contributed by atoms with Crippen molar-refractivity contribution in [2.75, 3.05) is 7.11 Å². The molecule has 1 heterocycles. The molecule has 0 saturated heterocycles. The molecule has 150 valence electrons. The first-order valence-electron chi connectivity index (χ1n) is 10.1. The maximum absolute atomic E-state index is 11.4. The highest BCUT2D eigenvalue weighted by Gasteiger charge is 2.32. The number of amides is 1. The molecular weight excluding hydrogens is 362 g/mol. The summed E-state index contributed by atoms with van der Waals surface area (Å²) in [7, 11) is 1.71. The van der Waals surface area contributed by atoms with Crippen LogP contribution in [0.5, 0.6) is 5.75 Å². The van der Waals surface area contributed by atoms with E-state index in [1.807, 2.05) is 25.1 Å². The van der Waals surface area contributed by atoms with Gasteiger partial charge in [-0.15, -0.1) is 0 Å². The van der Waals surface area contributed by atoms with E-state index >= 15 is 0 Å². The summed E-state index contributed by atoms with van der Waals surface area (Å²) in [5, 5.41) is 0. The number of nitrogens with two attached hydrogens (primary N) is 1. The van der Waals surface area contributed by atoms with Crippen LogP contribution in [0.15, 0.2) is 54.7 Å². The number of carbonyl (C=O) groups excluding carboxylic acids is 1. The average Bonchev–Trinajstić information content (AvgIpc) is 3.34. The molecule has 5 heteroatoms. The monoisotopic (exact) mass is 389 g/mol. The van der Waals surface area contributed by atoms with Crippen LogP contribution in [-0.2, 0) is 6.42 Å². The molecule has 1 aliphatic rings. The number of rotatable bonds is 6. The summed E-state index contributed by atoms with van der Waals surface area (Å²) >= 11 is 0. The molecule has 2 N–H and O–H groups in total. The summed E-state index contributed by atoms with van der Waals surface area (Å²) in [6, 6.07) is 15.8. The Labute approximate surface area is 171 Å². The predicted molar refractivity (Wildman–Crippen MR) is 114 cm³/mol. The molecule has 3 aromatic rings. The van der Waals surface area contributed by atoms with E-state index in [-0.39, 0.29) is 0 Å². The predicted octanol–water partition coefficient (Wildman–Crippen LogP) is 4.41. The Balaban J connectivity index is 1.62. The number of hydrogen-bond acceptors (Lipinski definition) is 3. The minimum absolute atomic E-state index is 0.408. The van der Waals surface area contributed by atoms with Crippen molar-refractivity contribution in [2.24, 2.45) is 11.7 Å². The first-order valence-corrected chi connectivity index (χ1v) is 10.1. The van der Waals surface area contributed by atoms with Crippen LogP contribution in [0.4, 0.5) is 0 Å². The highest BCUT2D eigenvalue weighted by molar-refractivity contribution is 5.92. The number of methoxy groups -OCH3 is 1. The smallest absolute Gasteiger partial charge is 0.248 e. The van der Waals surface area contributed by atoms with E-state index < -0.39 is 5.91 Å². The second-order valence-electron chi connectivity index (χ2n) is 7.87. The number of hydrogen-bond donors (Lipinski definition) is 1. The topological polar surface area (TPSA) is 70.1 Å². The molecule has 2 aromatic carbocycles. The highest BCUT2D eigenvalue weighted by Crippen LogP contribution is 2.42. The van der Waals surface area contributed by atoms with Crippen molar-refractivity contribution < 1.29 is 9.53 Å². The van der Waals surface area contributed by atoms with Crippen molar-refractivity contribution in [1.82, 2.24) is 9.55 Å². The second-order valence-corrected chi connectivity index (χ2v) is 7.87. The molecular formula is C24H27N3O2. The quantitative estimate of drug-likeness (QED) is 0.679. The zero-order valence-corrected chi connectivity index (χ0v) is 17.0. The van der Waals surface area contributed by atoms with E-state index in [9.17, 15) is 4.79 Å². The van der Waals surface area contributed by atoms with Crippen LogP contribution in [0.3, 0.4) is 0 Å². The molecule has 0 bridgehead atoms. The summed E-state index contributed by atoms with van der Waals surface area (Å²) < 4.78 is 7.56.